The summed E-state index contributed by atoms with van der Waals surface area (Å²) in [5.74, 6) is -0.723. The molecule has 1 saturated carbocycles. The van der Waals surface area contributed by atoms with Gasteiger partial charge in [0.1, 0.15) is 11.7 Å². The van der Waals surface area contributed by atoms with Crippen LogP contribution >= 0.6 is 0 Å². The van der Waals surface area contributed by atoms with Crippen molar-refractivity contribution >= 4 is 11.9 Å². The fourth-order valence-corrected chi connectivity index (χ4v) is 4.56. The minimum Gasteiger partial charge on any atom is -0.467 e. The molecule has 5 nitrogen and oxygen atoms in total. The standard InChI is InChI=1S/C18H21NO4/c1-2-22-17(21)15-14-11-7-3-4-9-13(11)23-18(19-16(15)20)10-6-5-8-12(14)18/h3-4,7,9,12,14-15H,2,5-6,8,10H2,1H3,(H,19,20)/t12-,14-,15+,18-/m1/s1. The van der Waals surface area contributed by atoms with Crippen LogP contribution in [0.15, 0.2) is 24.3 Å². The second-order valence-electron chi connectivity index (χ2n) is 6.63. The van der Waals surface area contributed by atoms with E-state index < -0.39 is 17.6 Å². The molecule has 0 spiro atoms. The number of rotatable bonds is 2. The highest BCUT2D eigenvalue weighted by molar-refractivity contribution is 6.00. The second kappa shape index (κ2) is 5.25. The van der Waals surface area contributed by atoms with Crippen LogP contribution in [0.1, 0.15) is 44.1 Å². The summed E-state index contributed by atoms with van der Waals surface area (Å²) in [6, 6.07) is 7.76. The largest absolute Gasteiger partial charge is 0.467 e. The Balaban J connectivity index is 1.85. The average Bonchev–Trinajstić information content (AvgIpc) is 2.54. The Morgan fingerprint density at radius 2 is 2.22 bits per heavy atom. The molecule has 0 aromatic heterocycles. The molecule has 23 heavy (non-hydrogen) atoms. The lowest BCUT2D eigenvalue weighted by atomic mass is 9.62. The Bertz CT molecular complexity index is 658. The van der Waals surface area contributed by atoms with Crippen molar-refractivity contribution in [1.82, 2.24) is 5.32 Å². The summed E-state index contributed by atoms with van der Waals surface area (Å²) in [7, 11) is 0. The molecule has 2 aliphatic heterocycles. The highest BCUT2D eigenvalue weighted by Crippen LogP contribution is 2.55. The van der Waals surface area contributed by atoms with Crippen LogP contribution in [0, 0.1) is 11.8 Å². The predicted octanol–water partition coefficient (Wildman–Crippen LogP) is 2.36. The molecule has 1 saturated heterocycles. The first-order valence-electron chi connectivity index (χ1n) is 8.43. The van der Waals surface area contributed by atoms with Gasteiger partial charge in [0, 0.05) is 18.3 Å². The van der Waals surface area contributed by atoms with Crippen LogP contribution in [-0.2, 0) is 14.3 Å². The third-order valence-corrected chi connectivity index (χ3v) is 5.43. The average molecular weight is 315 g/mol. The second-order valence-corrected chi connectivity index (χ2v) is 6.63. The van der Waals surface area contributed by atoms with Crippen molar-refractivity contribution in [2.75, 3.05) is 6.61 Å². The lowest BCUT2D eigenvalue weighted by Gasteiger charge is -2.55. The number of benzene rings is 1. The Morgan fingerprint density at radius 3 is 3.04 bits per heavy atom. The van der Waals surface area contributed by atoms with Crippen LogP contribution in [0.4, 0.5) is 0 Å². The maximum atomic E-state index is 12.7. The van der Waals surface area contributed by atoms with E-state index in [0.29, 0.717) is 0 Å². The molecule has 1 N–H and O–H groups in total. The summed E-state index contributed by atoms with van der Waals surface area (Å²) in [6.45, 7) is 2.05. The first-order chi connectivity index (χ1) is 11.2. The molecule has 0 radical (unpaired) electrons. The monoisotopic (exact) mass is 315 g/mol. The van der Waals surface area contributed by atoms with Crippen molar-refractivity contribution in [1.29, 1.82) is 0 Å². The number of esters is 1. The summed E-state index contributed by atoms with van der Waals surface area (Å²) >= 11 is 0. The molecule has 4 atom stereocenters. The van der Waals surface area contributed by atoms with Crippen molar-refractivity contribution in [2.24, 2.45) is 11.8 Å². The van der Waals surface area contributed by atoms with E-state index in [1.54, 1.807) is 6.92 Å². The first kappa shape index (κ1) is 14.5. The van der Waals surface area contributed by atoms with Gasteiger partial charge in [0.2, 0.25) is 5.91 Å². The van der Waals surface area contributed by atoms with E-state index in [1.165, 1.54) is 0 Å². The molecule has 122 valence electrons. The minimum absolute atomic E-state index is 0.123. The Morgan fingerprint density at radius 1 is 1.39 bits per heavy atom. The molecule has 3 aliphatic rings. The van der Waals surface area contributed by atoms with Gasteiger partial charge in [-0.25, -0.2) is 0 Å². The van der Waals surface area contributed by atoms with Crippen LogP contribution in [0.25, 0.3) is 0 Å². The SMILES string of the molecule is CCOC(=O)[C@@H]1C(=O)N[C@@]23CCCC[C@@H]2[C@H]1c1ccccc1O3. The third-order valence-electron chi connectivity index (χ3n) is 5.43. The van der Waals surface area contributed by atoms with Crippen molar-refractivity contribution < 1.29 is 19.1 Å². The summed E-state index contributed by atoms with van der Waals surface area (Å²) in [4.78, 5) is 25.2. The minimum atomic E-state index is -0.781. The Kier molecular flexibility index (Phi) is 3.32. The van der Waals surface area contributed by atoms with Crippen LogP contribution in [-0.4, -0.2) is 24.2 Å². The fourth-order valence-electron chi connectivity index (χ4n) is 4.56. The van der Waals surface area contributed by atoms with E-state index >= 15 is 0 Å². The smallest absolute Gasteiger partial charge is 0.319 e. The molecule has 1 aliphatic carbocycles. The molecular weight excluding hydrogens is 294 g/mol. The van der Waals surface area contributed by atoms with Crippen LogP contribution in [0.3, 0.4) is 0 Å². The molecule has 2 heterocycles. The number of carbonyl (C=O) groups excluding carboxylic acids is 2. The molecule has 5 heteroatoms. The molecular formula is C18H21NO4. The van der Waals surface area contributed by atoms with Crippen LogP contribution in [0.5, 0.6) is 5.75 Å². The number of hydrogen-bond donors (Lipinski definition) is 1. The molecule has 1 aromatic rings. The molecule has 2 bridgehead atoms. The topological polar surface area (TPSA) is 64.6 Å². The van der Waals surface area contributed by atoms with E-state index in [2.05, 4.69) is 5.32 Å². The number of hydrogen-bond acceptors (Lipinski definition) is 4. The zero-order valence-corrected chi connectivity index (χ0v) is 13.2. The number of para-hydroxylation sites is 1. The highest BCUT2D eigenvalue weighted by atomic mass is 16.5. The summed E-state index contributed by atoms with van der Waals surface area (Å²) in [5.41, 5.74) is 0.306. The van der Waals surface area contributed by atoms with Crippen LogP contribution < -0.4 is 10.1 Å². The number of fused-ring (bicyclic) bond motifs is 2. The lowest BCUT2D eigenvalue weighted by molar-refractivity contribution is -0.171. The van der Waals surface area contributed by atoms with Gasteiger partial charge in [-0.1, -0.05) is 24.6 Å². The van der Waals surface area contributed by atoms with E-state index in [9.17, 15) is 9.59 Å². The van der Waals surface area contributed by atoms with Gasteiger partial charge in [-0.2, -0.15) is 0 Å². The first-order valence-corrected chi connectivity index (χ1v) is 8.43. The normalized spacial score (nSPS) is 34.5. The van der Waals surface area contributed by atoms with Gasteiger partial charge < -0.3 is 14.8 Å². The summed E-state index contributed by atoms with van der Waals surface area (Å²) < 4.78 is 11.5. The van der Waals surface area contributed by atoms with Crippen LogP contribution in [0.2, 0.25) is 0 Å². The zero-order valence-electron chi connectivity index (χ0n) is 13.2. The van der Waals surface area contributed by atoms with Gasteiger partial charge in [0.25, 0.3) is 0 Å². The molecule has 1 amide bonds. The van der Waals surface area contributed by atoms with Gasteiger partial charge >= 0.3 is 5.97 Å². The van der Waals surface area contributed by atoms with Gasteiger partial charge in [0.15, 0.2) is 5.72 Å². The fraction of sp³-hybridized carbons (Fsp3) is 0.556. The van der Waals surface area contributed by atoms with Crippen molar-refractivity contribution in [2.45, 2.75) is 44.2 Å². The maximum Gasteiger partial charge on any atom is 0.319 e. The third kappa shape index (κ3) is 2.06. The summed E-state index contributed by atoms with van der Waals surface area (Å²) in [6.07, 6.45) is 3.87. The molecule has 1 aromatic carbocycles. The number of nitrogens with one attached hydrogen (secondary N) is 1. The zero-order chi connectivity index (χ0) is 16.0. The maximum absolute atomic E-state index is 12.7. The summed E-state index contributed by atoms with van der Waals surface area (Å²) in [5, 5.41) is 3.03. The number of carbonyl (C=O) groups is 2. The Hall–Kier alpha value is -2.04. The van der Waals surface area contributed by atoms with Gasteiger partial charge in [-0.3, -0.25) is 9.59 Å². The van der Waals surface area contributed by atoms with Gasteiger partial charge in [-0.15, -0.1) is 0 Å². The molecule has 2 fully saturated rings. The predicted molar refractivity (Wildman–Crippen MR) is 82.8 cm³/mol. The number of piperidine rings is 1. The highest BCUT2D eigenvalue weighted by Gasteiger charge is 2.61. The number of amides is 1. The van der Waals surface area contributed by atoms with E-state index in [1.807, 2.05) is 24.3 Å². The quantitative estimate of drug-likeness (QED) is 0.672. The lowest BCUT2D eigenvalue weighted by Crippen LogP contribution is -2.69. The Labute approximate surface area is 135 Å². The molecule has 4 rings (SSSR count). The van der Waals surface area contributed by atoms with Crippen molar-refractivity contribution in [3.8, 4) is 5.75 Å². The van der Waals surface area contributed by atoms with Gasteiger partial charge in [0.05, 0.1) is 6.61 Å². The van der Waals surface area contributed by atoms with E-state index in [-0.39, 0.29) is 24.3 Å². The van der Waals surface area contributed by atoms with E-state index in [4.69, 9.17) is 9.47 Å². The van der Waals surface area contributed by atoms with Crippen molar-refractivity contribution in [3.63, 3.8) is 0 Å². The molecule has 0 unspecified atom stereocenters. The van der Waals surface area contributed by atoms with E-state index in [0.717, 1.165) is 37.0 Å². The van der Waals surface area contributed by atoms with Gasteiger partial charge in [-0.05, 0) is 31.4 Å². The van der Waals surface area contributed by atoms with Crippen molar-refractivity contribution in [3.05, 3.63) is 29.8 Å². The number of ether oxygens (including phenoxy) is 2.